The molecule has 0 aromatic heterocycles. The molecule has 9 nitrogen and oxygen atoms in total. The third kappa shape index (κ3) is 10.3. The second kappa shape index (κ2) is 17.0. The van der Waals surface area contributed by atoms with E-state index in [0.29, 0.717) is 42.0 Å². The number of likely N-dealkylation sites (N-methyl/N-ethyl adjacent to an activating group) is 1. The van der Waals surface area contributed by atoms with Crippen LogP contribution in [0.25, 0.3) is 0 Å². The van der Waals surface area contributed by atoms with E-state index in [-0.39, 0.29) is 46.8 Å². The van der Waals surface area contributed by atoms with Crippen molar-refractivity contribution in [1.29, 1.82) is 0 Å². The lowest BCUT2D eigenvalue weighted by atomic mass is 10.0. The van der Waals surface area contributed by atoms with Crippen molar-refractivity contribution >= 4 is 44.8 Å². The van der Waals surface area contributed by atoms with Crippen LogP contribution in [0.4, 0.5) is 5.69 Å². The van der Waals surface area contributed by atoms with E-state index in [9.17, 15) is 18.3 Å². The monoisotopic (exact) mass is 705 g/mol. The van der Waals surface area contributed by atoms with Gasteiger partial charge < -0.3 is 19.5 Å². The van der Waals surface area contributed by atoms with Crippen molar-refractivity contribution in [3.05, 3.63) is 87.9 Å². The maximum absolute atomic E-state index is 14.4. The van der Waals surface area contributed by atoms with Gasteiger partial charge in [-0.25, -0.2) is 8.42 Å². The summed E-state index contributed by atoms with van der Waals surface area (Å²) in [6.45, 7) is 7.59. The molecule has 1 heterocycles. The highest BCUT2D eigenvalue weighted by atomic mass is 35.5. The summed E-state index contributed by atoms with van der Waals surface area (Å²) in [5.41, 5.74) is 1.46. The Balaban J connectivity index is 1.63. The Morgan fingerprint density at radius 1 is 1.04 bits per heavy atom. The Labute approximate surface area is 288 Å². The Morgan fingerprint density at radius 2 is 1.79 bits per heavy atom. The first-order chi connectivity index (χ1) is 22.4. The number of carbonyl (C=O) groups is 1. The largest absolute Gasteiger partial charge is 0.490 e. The predicted octanol–water partition coefficient (Wildman–Crippen LogP) is 6.72. The van der Waals surface area contributed by atoms with Crippen LogP contribution in [0.2, 0.25) is 10.0 Å². The zero-order valence-electron chi connectivity index (χ0n) is 27.4. The van der Waals surface area contributed by atoms with Crippen molar-refractivity contribution in [3.63, 3.8) is 0 Å². The molecule has 1 amide bonds. The van der Waals surface area contributed by atoms with Crippen LogP contribution in [0.3, 0.4) is 0 Å². The number of halogens is 2. The lowest BCUT2D eigenvalue weighted by Gasteiger charge is -2.36. The van der Waals surface area contributed by atoms with E-state index < -0.39 is 16.1 Å². The van der Waals surface area contributed by atoms with Crippen LogP contribution in [0.5, 0.6) is 5.75 Å². The number of carbonyl (C=O) groups excluding carboxylic acids is 1. The molecule has 3 aromatic rings. The zero-order chi connectivity index (χ0) is 34.1. The first kappa shape index (κ1) is 37.0. The number of hydrogen-bond donors (Lipinski definition) is 2. The summed E-state index contributed by atoms with van der Waals surface area (Å²) in [7, 11) is -1.89. The quantitative estimate of drug-likeness (QED) is 0.254. The molecule has 2 N–H and O–H groups in total. The number of aliphatic hydroxyl groups is 1. The molecule has 4 rings (SSSR count). The second-order valence-electron chi connectivity index (χ2n) is 12.4. The topological polar surface area (TPSA) is 108 Å². The number of hydrogen-bond acceptors (Lipinski definition) is 7. The van der Waals surface area contributed by atoms with Crippen LogP contribution >= 0.6 is 23.2 Å². The summed E-state index contributed by atoms with van der Waals surface area (Å²) in [4.78, 5) is 18.2. The molecule has 0 fully saturated rings. The Bertz CT molecular complexity index is 1590. The van der Waals surface area contributed by atoms with E-state index in [1.165, 1.54) is 18.2 Å². The second-order valence-corrected chi connectivity index (χ2v) is 14.9. The third-order valence-electron chi connectivity index (χ3n) is 8.29. The molecule has 0 radical (unpaired) electrons. The molecule has 0 bridgehead atoms. The van der Waals surface area contributed by atoms with Gasteiger partial charge in [-0.05, 0) is 88.2 Å². The number of amides is 1. The van der Waals surface area contributed by atoms with Gasteiger partial charge in [0.25, 0.3) is 15.9 Å². The number of nitrogens with zero attached hydrogens (tertiary/aromatic N) is 2. The standard InChI is InChI=1S/C35H45Cl2N3O6S/c1-24-20-40(25(2)23-41)35(42)30-19-28(38-47(43,44)29-11-6-5-7-12-29)14-16-33(30)46-26(3)10-8-9-17-45-34(24)22-39(4)21-27-13-15-31(36)32(37)18-27/h5-7,11-16,18-19,24-26,34,38,41H,8-10,17,20-23H2,1-4H3/t24-,25-,26-,34+/m0/s1. The fourth-order valence-electron chi connectivity index (χ4n) is 5.58. The van der Waals surface area contributed by atoms with Crippen LogP contribution in [-0.4, -0.2) is 80.8 Å². The summed E-state index contributed by atoms with van der Waals surface area (Å²) in [5.74, 6) is -0.129. The van der Waals surface area contributed by atoms with E-state index in [0.717, 1.165) is 24.8 Å². The number of rotatable bonds is 9. The fourth-order valence-corrected chi connectivity index (χ4v) is 6.98. The Hall–Kier alpha value is -2.86. The summed E-state index contributed by atoms with van der Waals surface area (Å²) in [5, 5.41) is 11.2. The average molecular weight is 707 g/mol. The predicted molar refractivity (Wildman–Crippen MR) is 187 cm³/mol. The van der Waals surface area contributed by atoms with Crippen LogP contribution < -0.4 is 9.46 Å². The molecule has 1 aliphatic heterocycles. The smallest absolute Gasteiger partial charge is 0.261 e. The molecule has 0 aliphatic carbocycles. The van der Waals surface area contributed by atoms with Gasteiger partial charge in [0, 0.05) is 37.8 Å². The highest BCUT2D eigenvalue weighted by Crippen LogP contribution is 2.30. The Morgan fingerprint density at radius 3 is 2.49 bits per heavy atom. The van der Waals surface area contributed by atoms with Crippen molar-refractivity contribution in [3.8, 4) is 5.75 Å². The summed E-state index contributed by atoms with van der Waals surface area (Å²) in [6, 6.07) is 17.8. The summed E-state index contributed by atoms with van der Waals surface area (Å²) < 4.78 is 41.5. The van der Waals surface area contributed by atoms with E-state index in [1.807, 2.05) is 33.0 Å². The van der Waals surface area contributed by atoms with Crippen molar-refractivity contribution < 1.29 is 27.8 Å². The minimum Gasteiger partial charge on any atom is -0.490 e. The van der Waals surface area contributed by atoms with Gasteiger partial charge in [-0.2, -0.15) is 0 Å². The lowest BCUT2D eigenvalue weighted by molar-refractivity contribution is -0.0177. The van der Waals surface area contributed by atoms with Crippen LogP contribution in [0.1, 0.15) is 56.0 Å². The number of fused-ring (bicyclic) bond motifs is 1. The maximum Gasteiger partial charge on any atom is 0.261 e. The first-order valence-corrected chi connectivity index (χ1v) is 18.2. The lowest BCUT2D eigenvalue weighted by Crippen LogP contribution is -2.47. The van der Waals surface area contributed by atoms with Crippen molar-refractivity contribution in [2.45, 2.75) is 69.7 Å². The molecule has 0 spiro atoms. The molecule has 0 unspecified atom stereocenters. The van der Waals surface area contributed by atoms with Gasteiger partial charge in [-0.1, -0.05) is 54.4 Å². The van der Waals surface area contributed by atoms with Gasteiger partial charge in [-0.3, -0.25) is 14.4 Å². The Kier molecular flexibility index (Phi) is 13.4. The minimum atomic E-state index is -3.90. The molecule has 3 aromatic carbocycles. The van der Waals surface area contributed by atoms with Gasteiger partial charge in [0.05, 0.1) is 45.4 Å². The molecule has 12 heteroatoms. The van der Waals surface area contributed by atoms with Crippen molar-refractivity contribution in [2.75, 3.05) is 38.1 Å². The highest BCUT2D eigenvalue weighted by Gasteiger charge is 2.30. The highest BCUT2D eigenvalue weighted by molar-refractivity contribution is 7.92. The van der Waals surface area contributed by atoms with Gasteiger partial charge in [-0.15, -0.1) is 0 Å². The molecule has 0 saturated heterocycles. The number of sulfonamides is 1. The van der Waals surface area contributed by atoms with Gasteiger partial charge in [0.2, 0.25) is 0 Å². The van der Waals surface area contributed by atoms with Crippen LogP contribution in [0, 0.1) is 5.92 Å². The van der Waals surface area contributed by atoms with Crippen LogP contribution in [-0.2, 0) is 21.3 Å². The van der Waals surface area contributed by atoms with E-state index >= 15 is 0 Å². The summed E-state index contributed by atoms with van der Waals surface area (Å²) in [6.07, 6.45) is 2.04. The molecule has 1 aliphatic rings. The molecule has 256 valence electrons. The number of anilines is 1. The third-order valence-corrected chi connectivity index (χ3v) is 10.4. The molecule has 47 heavy (non-hydrogen) atoms. The van der Waals surface area contributed by atoms with Gasteiger partial charge >= 0.3 is 0 Å². The molecule has 0 saturated carbocycles. The maximum atomic E-state index is 14.4. The molecular formula is C35H45Cl2N3O6S. The SMILES string of the molecule is C[C@H]1CCCCO[C@H](CN(C)Cc2ccc(Cl)c(Cl)c2)[C@@H](C)CN([C@@H](C)CO)C(=O)c2cc(NS(=O)(=O)c3ccccc3)ccc2O1. The number of benzene rings is 3. The first-order valence-electron chi connectivity index (χ1n) is 15.9. The molecule has 4 atom stereocenters. The normalized spacial score (nSPS) is 20.6. The number of nitrogens with one attached hydrogen (secondary N) is 1. The average Bonchev–Trinajstić information content (AvgIpc) is 3.04. The van der Waals surface area contributed by atoms with Crippen LogP contribution in [0.15, 0.2) is 71.6 Å². The summed E-state index contributed by atoms with van der Waals surface area (Å²) >= 11 is 12.4. The van der Waals surface area contributed by atoms with Gasteiger partial charge in [0.15, 0.2) is 0 Å². The zero-order valence-corrected chi connectivity index (χ0v) is 29.7. The number of aliphatic hydroxyl groups excluding tert-OH is 1. The minimum absolute atomic E-state index is 0.107. The van der Waals surface area contributed by atoms with Crippen molar-refractivity contribution in [2.24, 2.45) is 5.92 Å². The molecular weight excluding hydrogens is 661 g/mol. The van der Waals surface area contributed by atoms with Gasteiger partial charge in [0.1, 0.15) is 5.75 Å². The number of ether oxygens (including phenoxy) is 2. The fraction of sp³-hybridized carbons (Fsp3) is 0.457. The van der Waals surface area contributed by atoms with E-state index in [2.05, 4.69) is 9.62 Å². The van der Waals surface area contributed by atoms with E-state index in [4.69, 9.17) is 32.7 Å². The van der Waals surface area contributed by atoms with Crippen molar-refractivity contribution in [1.82, 2.24) is 9.80 Å². The van der Waals surface area contributed by atoms with E-state index in [1.54, 1.807) is 48.2 Å².